The molecule has 0 amide bonds. The Labute approximate surface area is 128 Å². The monoisotopic (exact) mass is 320 g/mol. The summed E-state index contributed by atoms with van der Waals surface area (Å²) in [6.07, 6.45) is -2.08. The third-order valence-corrected chi connectivity index (χ3v) is 4.18. The standard InChI is InChI=1S/C15H20ClF3N2/c1-2-13(20)14(11-5-3-4-6-12(11)16)21(10-7-8-10)9-15(17,18)19/h3-6,10,13-14H,2,7-9,20H2,1H3. The van der Waals surface area contributed by atoms with Crippen molar-refractivity contribution in [3.8, 4) is 0 Å². The number of nitrogens with zero attached hydrogens (tertiary/aromatic N) is 1. The van der Waals surface area contributed by atoms with Crippen LogP contribution < -0.4 is 5.73 Å². The number of halogens is 4. The van der Waals surface area contributed by atoms with Gasteiger partial charge >= 0.3 is 6.18 Å². The van der Waals surface area contributed by atoms with Crippen LogP contribution in [0.15, 0.2) is 24.3 Å². The lowest BCUT2D eigenvalue weighted by molar-refractivity contribution is -0.153. The fourth-order valence-electron chi connectivity index (χ4n) is 2.66. The van der Waals surface area contributed by atoms with Crippen molar-refractivity contribution in [1.82, 2.24) is 4.90 Å². The summed E-state index contributed by atoms with van der Waals surface area (Å²) in [6, 6.07) is 6.09. The van der Waals surface area contributed by atoms with Crippen molar-refractivity contribution in [2.45, 2.75) is 50.5 Å². The molecule has 1 aliphatic rings. The largest absolute Gasteiger partial charge is 0.401 e. The summed E-state index contributed by atoms with van der Waals surface area (Å²) < 4.78 is 38.8. The summed E-state index contributed by atoms with van der Waals surface area (Å²) in [6.45, 7) is 0.939. The second-order valence-electron chi connectivity index (χ2n) is 5.56. The Morgan fingerprint density at radius 1 is 1.33 bits per heavy atom. The van der Waals surface area contributed by atoms with E-state index in [4.69, 9.17) is 17.3 Å². The predicted molar refractivity (Wildman–Crippen MR) is 78.2 cm³/mol. The highest BCUT2D eigenvalue weighted by molar-refractivity contribution is 6.31. The first-order valence-corrected chi connectivity index (χ1v) is 7.53. The topological polar surface area (TPSA) is 29.3 Å². The Hall–Kier alpha value is -0.780. The number of benzene rings is 1. The minimum absolute atomic E-state index is 0.0505. The van der Waals surface area contributed by atoms with Crippen LogP contribution in [0.3, 0.4) is 0 Å². The summed E-state index contributed by atoms with van der Waals surface area (Å²) in [5.74, 6) is 0. The molecule has 1 aromatic rings. The molecule has 2 unspecified atom stereocenters. The smallest absolute Gasteiger partial charge is 0.326 e. The summed E-state index contributed by atoms with van der Waals surface area (Å²) in [5.41, 5.74) is 6.82. The van der Waals surface area contributed by atoms with E-state index in [0.29, 0.717) is 17.0 Å². The lowest BCUT2D eigenvalue weighted by Gasteiger charge is -2.36. The van der Waals surface area contributed by atoms with Gasteiger partial charge in [0.1, 0.15) is 0 Å². The number of alkyl halides is 3. The zero-order chi connectivity index (χ0) is 15.6. The van der Waals surface area contributed by atoms with Gasteiger partial charge in [-0.15, -0.1) is 0 Å². The average molecular weight is 321 g/mol. The van der Waals surface area contributed by atoms with Gasteiger partial charge in [0.15, 0.2) is 0 Å². The molecule has 0 saturated heterocycles. The van der Waals surface area contributed by atoms with Gasteiger partial charge < -0.3 is 5.73 Å². The number of rotatable bonds is 6. The second-order valence-corrected chi connectivity index (χ2v) is 5.96. The molecule has 1 fully saturated rings. The Kier molecular flexibility index (Phi) is 5.17. The van der Waals surface area contributed by atoms with Crippen LogP contribution in [0.25, 0.3) is 0 Å². The summed E-state index contributed by atoms with van der Waals surface area (Å²) in [5, 5.41) is 0.472. The van der Waals surface area contributed by atoms with E-state index in [1.807, 2.05) is 6.92 Å². The highest BCUT2D eigenvalue weighted by Gasteiger charge is 2.43. The highest BCUT2D eigenvalue weighted by atomic mass is 35.5. The van der Waals surface area contributed by atoms with Crippen LogP contribution in [-0.2, 0) is 0 Å². The molecule has 6 heteroatoms. The number of hydrogen-bond donors (Lipinski definition) is 1. The first-order valence-electron chi connectivity index (χ1n) is 7.16. The van der Waals surface area contributed by atoms with E-state index >= 15 is 0 Å². The van der Waals surface area contributed by atoms with Gasteiger partial charge in [-0.3, -0.25) is 4.90 Å². The zero-order valence-corrected chi connectivity index (χ0v) is 12.7. The molecule has 2 nitrogen and oxygen atoms in total. The average Bonchev–Trinajstić information content (AvgIpc) is 3.22. The predicted octanol–water partition coefficient (Wildman–Crippen LogP) is 4.15. The Balaban J connectivity index is 2.35. The van der Waals surface area contributed by atoms with Gasteiger partial charge in [-0.2, -0.15) is 13.2 Å². The normalized spacial score (nSPS) is 18.8. The molecule has 1 aromatic carbocycles. The van der Waals surface area contributed by atoms with Crippen molar-refractivity contribution in [2.24, 2.45) is 5.73 Å². The van der Waals surface area contributed by atoms with Crippen molar-refractivity contribution in [2.75, 3.05) is 6.54 Å². The van der Waals surface area contributed by atoms with Gasteiger partial charge in [0, 0.05) is 17.1 Å². The van der Waals surface area contributed by atoms with Crippen LogP contribution >= 0.6 is 11.6 Å². The Morgan fingerprint density at radius 2 is 1.95 bits per heavy atom. The van der Waals surface area contributed by atoms with Crippen molar-refractivity contribution < 1.29 is 13.2 Å². The van der Waals surface area contributed by atoms with E-state index in [1.54, 1.807) is 24.3 Å². The van der Waals surface area contributed by atoms with Gasteiger partial charge in [-0.1, -0.05) is 36.7 Å². The first kappa shape index (κ1) is 16.6. The molecule has 0 radical (unpaired) electrons. The molecule has 2 atom stereocenters. The van der Waals surface area contributed by atoms with Crippen molar-refractivity contribution in [3.05, 3.63) is 34.9 Å². The SMILES string of the molecule is CCC(N)C(c1ccccc1Cl)N(CC(F)(F)F)C1CC1. The third-order valence-electron chi connectivity index (χ3n) is 3.84. The highest BCUT2D eigenvalue weighted by Crippen LogP contribution is 2.40. The molecule has 21 heavy (non-hydrogen) atoms. The maximum absolute atomic E-state index is 12.9. The molecule has 1 aliphatic carbocycles. The van der Waals surface area contributed by atoms with E-state index in [-0.39, 0.29) is 12.1 Å². The van der Waals surface area contributed by atoms with Crippen LogP contribution in [0, 0.1) is 0 Å². The minimum atomic E-state index is -4.24. The van der Waals surface area contributed by atoms with E-state index in [1.165, 1.54) is 4.90 Å². The zero-order valence-electron chi connectivity index (χ0n) is 11.9. The van der Waals surface area contributed by atoms with Crippen molar-refractivity contribution in [1.29, 1.82) is 0 Å². The van der Waals surface area contributed by atoms with Crippen LogP contribution in [0.1, 0.15) is 37.8 Å². The summed E-state index contributed by atoms with van der Waals surface area (Å²) in [7, 11) is 0. The fraction of sp³-hybridized carbons (Fsp3) is 0.600. The van der Waals surface area contributed by atoms with Gasteiger partial charge in [0.25, 0.3) is 0 Å². The van der Waals surface area contributed by atoms with Gasteiger partial charge in [0.2, 0.25) is 0 Å². The molecule has 0 aromatic heterocycles. The molecule has 0 spiro atoms. The maximum atomic E-state index is 12.9. The van der Waals surface area contributed by atoms with E-state index in [0.717, 1.165) is 12.8 Å². The molecule has 118 valence electrons. The molecule has 2 N–H and O–H groups in total. The molecule has 0 aliphatic heterocycles. The van der Waals surface area contributed by atoms with Gasteiger partial charge in [-0.05, 0) is 30.9 Å². The first-order chi connectivity index (χ1) is 9.83. The minimum Gasteiger partial charge on any atom is -0.326 e. The number of nitrogens with two attached hydrogens (primary N) is 1. The Bertz CT molecular complexity index is 474. The van der Waals surface area contributed by atoms with Gasteiger partial charge in [-0.25, -0.2) is 0 Å². The maximum Gasteiger partial charge on any atom is 0.401 e. The molecule has 1 saturated carbocycles. The van der Waals surface area contributed by atoms with Crippen LogP contribution in [0.2, 0.25) is 5.02 Å². The van der Waals surface area contributed by atoms with Crippen LogP contribution in [-0.4, -0.2) is 29.7 Å². The second kappa shape index (κ2) is 6.55. The fourth-order valence-corrected chi connectivity index (χ4v) is 2.91. The lowest BCUT2D eigenvalue weighted by atomic mass is 9.96. The summed E-state index contributed by atoms with van der Waals surface area (Å²) in [4.78, 5) is 1.48. The van der Waals surface area contributed by atoms with E-state index in [2.05, 4.69) is 0 Å². The van der Waals surface area contributed by atoms with Crippen molar-refractivity contribution >= 4 is 11.6 Å². The number of hydrogen-bond acceptors (Lipinski definition) is 2. The molecular formula is C15H20ClF3N2. The van der Waals surface area contributed by atoms with Crippen LogP contribution in [0.5, 0.6) is 0 Å². The molecular weight excluding hydrogens is 301 g/mol. The van der Waals surface area contributed by atoms with E-state index < -0.39 is 18.8 Å². The molecule has 0 bridgehead atoms. The Morgan fingerprint density at radius 3 is 2.43 bits per heavy atom. The molecule has 0 heterocycles. The summed E-state index contributed by atoms with van der Waals surface area (Å²) >= 11 is 6.20. The van der Waals surface area contributed by atoms with Crippen molar-refractivity contribution in [3.63, 3.8) is 0 Å². The quantitative estimate of drug-likeness (QED) is 0.853. The lowest BCUT2D eigenvalue weighted by Crippen LogP contribution is -2.46. The van der Waals surface area contributed by atoms with Gasteiger partial charge in [0.05, 0.1) is 12.6 Å². The molecule has 2 rings (SSSR count). The third kappa shape index (κ3) is 4.34. The van der Waals surface area contributed by atoms with Crippen LogP contribution in [0.4, 0.5) is 13.2 Å². The van der Waals surface area contributed by atoms with E-state index in [9.17, 15) is 13.2 Å².